The van der Waals surface area contributed by atoms with Crippen molar-refractivity contribution in [3.8, 4) is 5.75 Å². The molecule has 0 unspecified atom stereocenters. The fourth-order valence-electron chi connectivity index (χ4n) is 2.33. The summed E-state index contributed by atoms with van der Waals surface area (Å²) in [5, 5.41) is 0. The second kappa shape index (κ2) is 9.05. The molecule has 132 valence electrons. The van der Waals surface area contributed by atoms with Crippen LogP contribution in [0.25, 0.3) is 5.57 Å². The van der Waals surface area contributed by atoms with Crippen molar-refractivity contribution in [2.24, 2.45) is 5.92 Å². The molecule has 0 spiro atoms. The second-order valence-electron chi connectivity index (χ2n) is 5.23. The van der Waals surface area contributed by atoms with Crippen molar-refractivity contribution in [3.63, 3.8) is 0 Å². The molecule has 0 atom stereocenters. The molecule has 0 radical (unpaired) electrons. The number of carbonyl (C=O) groups excluding carboxylic acids is 2. The molecule has 1 aromatic carbocycles. The Morgan fingerprint density at radius 1 is 1.08 bits per heavy atom. The van der Waals surface area contributed by atoms with E-state index in [4.69, 9.17) is 14.2 Å². The maximum absolute atomic E-state index is 13.8. The molecule has 1 aromatic rings. The zero-order valence-electron chi connectivity index (χ0n) is 14.6. The standard InChI is InChI=1S/C18H23FO5/c1-6-23-17(20)16(18(21)24-7-2)15(11(3)4)13-10-12(19)8-9-14(13)22-5/h8-11H,6-7H2,1-5H3. The maximum Gasteiger partial charge on any atom is 0.345 e. The summed E-state index contributed by atoms with van der Waals surface area (Å²) < 4.78 is 29.0. The third kappa shape index (κ3) is 4.57. The summed E-state index contributed by atoms with van der Waals surface area (Å²) in [5.74, 6) is -2.02. The molecule has 0 aliphatic rings. The highest BCUT2D eigenvalue weighted by Crippen LogP contribution is 2.35. The molecule has 0 saturated carbocycles. The quantitative estimate of drug-likeness (QED) is 0.330. The molecule has 24 heavy (non-hydrogen) atoms. The van der Waals surface area contributed by atoms with Gasteiger partial charge in [-0.3, -0.25) is 0 Å². The first kappa shape index (κ1) is 19.7. The first-order chi connectivity index (χ1) is 11.4. The second-order valence-corrected chi connectivity index (χ2v) is 5.23. The molecule has 0 aliphatic carbocycles. The van der Waals surface area contributed by atoms with Gasteiger partial charge < -0.3 is 14.2 Å². The zero-order chi connectivity index (χ0) is 18.3. The maximum atomic E-state index is 13.8. The van der Waals surface area contributed by atoms with Gasteiger partial charge in [-0.25, -0.2) is 14.0 Å². The third-order valence-corrected chi connectivity index (χ3v) is 3.26. The highest BCUT2D eigenvalue weighted by atomic mass is 19.1. The average molecular weight is 338 g/mol. The molecule has 6 heteroatoms. The summed E-state index contributed by atoms with van der Waals surface area (Å²) in [5.41, 5.74) is 0.407. The Hall–Kier alpha value is -2.37. The number of esters is 2. The largest absolute Gasteiger partial charge is 0.496 e. The predicted molar refractivity (Wildman–Crippen MR) is 88.0 cm³/mol. The Kier molecular flexibility index (Phi) is 7.42. The number of methoxy groups -OCH3 is 1. The van der Waals surface area contributed by atoms with E-state index in [1.54, 1.807) is 27.7 Å². The number of halogens is 1. The van der Waals surface area contributed by atoms with Crippen LogP contribution in [-0.4, -0.2) is 32.3 Å². The number of carbonyl (C=O) groups is 2. The Bertz CT molecular complexity index is 614. The van der Waals surface area contributed by atoms with E-state index in [1.807, 2.05) is 0 Å². The first-order valence-corrected chi connectivity index (χ1v) is 7.79. The van der Waals surface area contributed by atoms with Gasteiger partial charge in [0.1, 0.15) is 17.1 Å². The molecule has 5 nitrogen and oxygen atoms in total. The minimum Gasteiger partial charge on any atom is -0.496 e. The number of ether oxygens (including phenoxy) is 3. The van der Waals surface area contributed by atoms with Crippen LogP contribution >= 0.6 is 0 Å². The molecule has 1 rings (SSSR count). The Morgan fingerprint density at radius 3 is 2.04 bits per heavy atom. The van der Waals surface area contributed by atoms with Crippen molar-refractivity contribution in [2.45, 2.75) is 27.7 Å². The Morgan fingerprint density at radius 2 is 1.62 bits per heavy atom. The van der Waals surface area contributed by atoms with Gasteiger partial charge in [0.25, 0.3) is 0 Å². The summed E-state index contributed by atoms with van der Waals surface area (Å²) in [6, 6.07) is 3.92. The number of hydrogen-bond acceptors (Lipinski definition) is 5. The van der Waals surface area contributed by atoms with Crippen molar-refractivity contribution in [1.82, 2.24) is 0 Å². The van der Waals surface area contributed by atoms with E-state index < -0.39 is 17.8 Å². The van der Waals surface area contributed by atoms with Crippen LogP contribution in [-0.2, 0) is 19.1 Å². The number of rotatable bonds is 7. The lowest BCUT2D eigenvalue weighted by molar-refractivity contribution is -0.146. The summed E-state index contributed by atoms with van der Waals surface area (Å²) in [6.45, 7) is 7.06. The summed E-state index contributed by atoms with van der Waals surface area (Å²) in [4.78, 5) is 24.7. The summed E-state index contributed by atoms with van der Waals surface area (Å²) >= 11 is 0. The van der Waals surface area contributed by atoms with Crippen LogP contribution in [0.15, 0.2) is 23.8 Å². The van der Waals surface area contributed by atoms with E-state index in [9.17, 15) is 14.0 Å². The molecule has 0 heterocycles. The molecular formula is C18H23FO5. The van der Waals surface area contributed by atoms with Crippen molar-refractivity contribution >= 4 is 17.5 Å². The van der Waals surface area contributed by atoms with E-state index in [0.717, 1.165) is 0 Å². The Balaban J connectivity index is 3.71. The van der Waals surface area contributed by atoms with Crippen molar-refractivity contribution < 1.29 is 28.2 Å². The summed E-state index contributed by atoms with van der Waals surface area (Å²) in [6.07, 6.45) is 0. The van der Waals surface area contributed by atoms with Gasteiger partial charge in [0.2, 0.25) is 0 Å². The minimum absolute atomic E-state index is 0.105. The SMILES string of the molecule is CCOC(=O)C(C(=O)OCC)=C(c1cc(F)ccc1OC)C(C)C. The van der Waals surface area contributed by atoms with Crippen molar-refractivity contribution in [1.29, 1.82) is 0 Å². The van der Waals surface area contributed by atoms with Gasteiger partial charge in [-0.05, 0) is 43.5 Å². The Labute approximate surface area is 141 Å². The van der Waals surface area contributed by atoms with Crippen LogP contribution in [0.5, 0.6) is 5.75 Å². The van der Waals surface area contributed by atoms with Gasteiger partial charge in [0, 0.05) is 5.56 Å². The number of allylic oxidation sites excluding steroid dienone is 1. The fourth-order valence-corrected chi connectivity index (χ4v) is 2.33. The van der Waals surface area contributed by atoms with Crippen molar-refractivity contribution in [3.05, 3.63) is 35.2 Å². The van der Waals surface area contributed by atoms with Crippen LogP contribution < -0.4 is 4.74 Å². The normalized spacial score (nSPS) is 10.3. The van der Waals surface area contributed by atoms with Crippen LogP contribution in [0.4, 0.5) is 4.39 Å². The lowest BCUT2D eigenvalue weighted by Gasteiger charge is -2.19. The smallest absolute Gasteiger partial charge is 0.345 e. The molecule has 0 saturated heterocycles. The van der Waals surface area contributed by atoms with Crippen molar-refractivity contribution in [2.75, 3.05) is 20.3 Å². The van der Waals surface area contributed by atoms with Crippen LogP contribution in [0, 0.1) is 11.7 Å². The van der Waals surface area contributed by atoms with Crippen LogP contribution in [0.2, 0.25) is 0 Å². The monoisotopic (exact) mass is 338 g/mol. The van der Waals surface area contributed by atoms with Gasteiger partial charge >= 0.3 is 11.9 Å². The molecule has 0 fully saturated rings. The highest BCUT2D eigenvalue weighted by molar-refractivity contribution is 6.20. The molecule has 0 N–H and O–H groups in total. The molecule has 0 amide bonds. The van der Waals surface area contributed by atoms with E-state index in [0.29, 0.717) is 16.9 Å². The van der Waals surface area contributed by atoms with Gasteiger partial charge in [-0.1, -0.05) is 13.8 Å². The number of hydrogen-bond donors (Lipinski definition) is 0. The van der Waals surface area contributed by atoms with E-state index >= 15 is 0 Å². The predicted octanol–water partition coefficient (Wildman–Crippen LogP) is 3.37. The molecular weight excluding hydrogens is 315 g/mol. The van der Waals surface area contributed by atoms with E-state index in [1.165, 1.54) is 25.3 Å². The van der Waals surface area contributed by atoms with E-state index in [2.05, 4.69) is 0 Å². The number of benzene rings is 1. The third-order valence-electron chi connectivity index (χ3n) is 3.26. The topological polar surface area (TPSA) is 61.8 Å². The van der Waals surface area contributed by atoms with E-state index in [-0.39, 0.29) is 24.7 Å². The molecule has 0 bridgehead atoms. The van der Waals surface area contributed by atoms with Gasteiger partial charge in [-0.15, -0.1) is 0 Å². The fraction of sp³-hybridized carbons (Fsp3) is 0.444. The first-order valence-electron chi connectivity index (χ1n) is 7.79. The van der Waals surface area contributed by atoms with Gasteiger partial charge in [0.05, 0.1) is 20.3 Å². The minimum atomic E-state index is -0.800. The van der Waals surface area contributed by atoms with Gasteiger partial charge in [0.15, 0.2) is 0 Å². The molecule has 0 aromatic heterocycles. The summed E-state index contributed by atoms with van der Waals surface area (Å²) in [7, 11) is 1.43. The lowest BCUT2D eigenvalue weighted by Crippen LogP contribution is -2.22. The molecule has 0 aliphatic heterocycles. The lowest BCUT2D eigenvalue weighted by atomic mass is 9.89. The van der Waals surface area contributed by atoms with Gasteiger partial charge in [-0.2, -0.15) is 0 Å². The zero-order valence-corrected chi connectivity index (χ0v) is 14.6. The highest BCUT2D eigenvalue weighted by Gasteiger charge is 2.29. The average Bonchev–Trinajstić information content (AvgIpc) is 2.52. The van der Waals surface area contributed by atoms with Crippen LogP contribution in [0.3, 0.4) is 0 Å². The van der Waals surface area contributed by atoms with Crippen LogP contribution in [0.1, 0.15) is 33.3 Å².